The second-order valence-electron chi connectivity index (χ2n) is 4.62. The van der Waals surface area contributed by atoms with Crippen molar-refractivity contribution in [3.8, 4) is 0 Å². The van der Waals surface area contributed by atoms with Gasteiger partial charge in [0.2, 0.25) is 0 Å². The first-order chi connectivity index (χ1) is 14.2. The Bertz CT molecular complexity index is 691. The molecule has 2 aromatic carbocycles. The fraction of sp³-hybridized carbons (Fsp3) is 0.357. The van der Waals surface area contributed by atoms with Crippen LogP contribution in [0.4, 0.5) is 0 Å². The molecule has 2 aromatic rings. The van der Waals surface area contributed by atoms with E-state index in [1.807, 2.05) is 47.6 Å². The van der Waals surface area contributed by atoms with Crippen molar-refractivity contribution in [2.45, 2.75) is 62.3 Å². The van der Waals surface area contributed by atoms with E-state index in [1.54, 1.807) is 6.26 Å². The van der Waals surface area contributed by atoms with Gasteiger partial charge in [-0.05, 0) is 60.1 Å². The van der Waals surface area contributed by atoms with Gasteiger partial charge >= 0.3 is 0 Å². The predicted molar refractivity (Wildman–Crippen MR) is 148 cm³/mol. The first-order valence-electron chi connectivity index (χ1n) is 10.6. The van der Waals surface area contributed by atoms with Crippen molar-refractivity contribution >= 4 is 41.6 Å². The molecule has 0 amide bonds. The van der Waals surface area contributed by atoms with Gasteiger partial charge in [-0.25, -0.2) is 0 Å². The topological polar surface area (TPSA) is 0 Å². The molecule has 0 saturated carbocycles. The van der Waals surface area contributed by atoms with E-state index < -0.39 is 0 Å². The number of rotatable bonds is 3. The maximum absolute atomic E-state index is 4.00. The molecule has 164 valence electrons. The molecule has 0 fully saturated rings. The van der Waals surface area contributed by atoms with Gasteiger partial charge in [-0.3, -0.25) is 0 Å². The summed E-state index contributed by atoms with van der Waals surface area (Å²) in [6, 6.07) is 8.54. The Morgan fingerprint density at radius 1 is 0.690 bits per heavy atom. The van der Waals surface area contributed by atoms with Crippen molar-refractivity contribution in [2.24, 2.45) is 0 Å². The van der Waals surface area contributed by atoms with Crippen molar-refractivity contribution in [1.29, 1.82) is 0 Å². The third kappa shape index (κ3) is 10.9. The summed E-state index contributed by atoms with van der Waals surface area (Å²) in [7, 11) is 0. The van der Waals surface area contributed by atoms with Crippen LogP contribution in [-0.4, -0.2) is 6.26 Å². The van der Waals surface area contributed by atoms with Crippen LogP contribution in [0.5, 0.6) is 0 Å². The molecule has 0 aliphatic rings. The van der Waals surface area contributed by atoms with E-state index in [-0.39, 0.29) is 0 Å². The SMILES string of the molecule is C=C.C=Cc1c(/C=C\C)c(/C=C\C)c(C)c2ccccc12.CC.CC.CC.CS. The summed E-state index contributed by atoms with van der Waals surface area (Å²) in [5.41, 5.74) is 5.08. The van der Waals surface area contributed by atoms with Gasteiger partial charge in [0.25, 0.3) is 0 Å². The highest BCUT2D eigenvalue weighted by molar-refractivity contribution is 7.79. The van der Waals surface area contributed by atoms with E-state index in [0.29, 0.717) is 0 Å². The number of allylic oxidation sites excluding steroid dienone is 2. The van der Waals surface area contributed by atoms with E-state index in [9.17, 15) is 0 Å². The lowest BCUT2D eigenvalue weighted by Gasteiger charge is -2.15. The molecule has 0 spiro atoms. The van der Waals surface area contributed by atoms with Crippen LogP contribution in [0.2, 0.25) is 0 Å². The minimum absolute atomic E-state index is 1.22. The third-order valence-corrected chi connectivity index (χ3v) is 3.48. The molecule has 0 nitrogen and oxygen atoms in total. The summed E-state index contributed by atoms with van der Waals surface area (Å²) >= 11 is 3.53. The van der Waals surface area contributed by atoms with Crippen LogP contribution >= 0.6 is 12.6 Å². The molecule has 0 unspecified atom stereocenters. The molecular formula is C28H46S. The lowest BCUT2D eigenvalue weighted by Crippen LogP contribution is -1.94. The summed E-state index contributed by atoms with van der Waals surface area (Å²) < 4.78 is 0. The van der Waals surface area contributed by atoms with Crippen molar-refractivity contribution < 1.29 is 0 Å². The molecule has 29 heavy (non-hydrogen) atoms. The third-order valence-electron chi connectivity index (χ3n) is 3.48. The van der Waals surface area contributed by atoms with Gasteiger partial charge in [0.05, 0.1) is 0 Å². The zero-order chi connectivity index (χ0) is 23.8. The maximum Gasteiger partial charge on any atom is -0.0103 e. The highest BCUT2D eigenvalue weighted by atomic mass is 32.1. The molecule has 0 bridgehead atoms. The minimum Gasteiger partial charge on any atom is -0.183 e. The molecular weight excluding hydrogens is 368 g/mol. The van der Waals surface area contributed by atoms with E-state index >= 15 is 0 Å². The molecule has 0 atom stereocenters. The Morgan fingerprint density at radius 3 is 1.45 bits per heavy atom. The average molecular weight is 415 g/mol. The predicted octanol–water partition coefficient (Wildman–Crippen LogP) is 10.3. The molecule has 2 rings (SSSR count). The molecule has 0 heterocycles. The standard InChI is InChI=1S/C19H20.3C2H6.C2H4.CH4S/c1-5-10-16-14(4)17-12-8-9-13-19(17)15(7-3)18(16)11-6-2;5*1-2/h5-13H,3H2,1-2,4H3;3*1-2H3;1-2H2;2H,1H3/b10-5-,11-6-;;;;;. The lowest BCUT2D eigenvalue weighted by molar-refractivity contribution is 1.46. The first kappa shape index (κ1) is 34.5. The second kappa shape index (κ2) is 26.0. The first-order valence-corrected chi connectivity index (χ1v) is 11.5. The molecule has 0 saturated heterocycles. The molecule has 0 radical (unpaired) electrons. The number of fused-ring (bicyclic) bond motifs is 1. The van der Waals surface area contributed by atoms with Crippen molar-refractivity contribution in [3.63, 3.8) is 0 Å². The molecule has 0 aliphatic heterocycles. The molecule has 0 aromatic heterocycles. The Balaban J connectivity index is -0.000000273. The lowest BCUT2D eigenvalue weighted by atomic mass is 9.89. The zero-order valence-corrected chi connectivity index (χ0v) is 21.7. The summed E-state index contributed by atoms with van der Waals surface area (Å²) in [4.78, 5) is 0. The second-order valence-corrected chi connectivity index (χ2v) is 4.62. The minimum atomic E-state index is 1.22. The van der Waals surface area contributed by atoms with Gasteiger partial charge in [0, 0.05) is 0 Å². The Morgan fingerprint density at radius 2 is 1.07 bits per heavy atom. The zero-order valence-electron chi connectivity index (χ0n) is 20.8. The average Bonchev–Trinajstić information content (AvgIpc) is 2.83. The monoisotopic (exact) mass is 414 g/mol. The summed E-state index contributed by atoms with van der Waals surface area (Å²) in [6.45, 7) is 28.3. The van der Waals surface area contributed by atoms with Crippen molar-refractivity contribution in [3.05, 3.63) is 78.4 Å². The smallest absolute Gasteiger partial charge is 0.0103 e. The Labute approximate surface area is 188 Å². The quantitative estimate of drug-likeness (QED) is 0.374. The van der Waals surface area contributed by atoms with Crippen LogP contribution in [0.1, 0.15) is 77.6 Å². The number of aryl methyl sites for hydroxylation is 1. The molecule has 0 aliphatic carbocycles. The highest BCUT2D eigenvalue weighted by Gasteiger charge is 2.11. The summed E-state index contributed by atoms with van der Waals surface area (Å²) in [5, 5.41) is 2.58. The molecule has 1 heteroatoms. The summed E-state index contributed by atoms with van der Waals surface area (Å²) in [6.07, 6.45) is 12.2. The van der Waals surface area contributed by atoms with Crippen LogP contribution in [0.3, 0.4) is 0 Å². The molecule has 0 N–H and O–H groups in total. The number of thiol groups is 1. The van der Waals surface area contributed by atoms with Gasteiger partial charge in [-0.15, -0.1) is 13.2 Å². The Kier molecular flexibility index (Phi) is 31.0. The highest BCUT2D eigenvalue weighted by Crippen LogP contribution is 2.32. The van der Waals surface area contributed by atoms with Crippen molar-refractivity contribution in [1.82, 2.24) is 0 Å². The van der Waals surface area contributed by atoms with Gasteiger partial charge in [0.15, 0.2) is 0 Å². The van der Waals surface area contributed by atoms with Gasteiger partial charge in [-0.2, -0.15) is 12.6 Å². The number of hydrogen-bond acceptors (Lipinski definition) is 1. The van der Waals surface area contributed by atoms with Crippen LogP contribution in [0.25, 0.3) is 29.0 Å². The van der Waals surface area contributed by atoms with Crippen LogP contribution in [-0.2, 0) is 0 Å². The van der Waals surface area contributed by atoms with E-state index in [0.717, 1.165) is 0 Å². The van der Waals surface area contributed by atoms with Crippen LogP contribution < -0.4 is 0 Å². The van der Waals surface area contributed by atoms with Crippen molar-refractivity contribution in [2.75, 3.05) is 6.26 Å². The maximum atomic E-state index is 4.00. The van der Waals surface area contributed by atoms with Gasteiger partial charge < -0.3 is 0 Å². The largest absolute Gasteiger partial charge is 0.183 e. The van der Waals surface area contributed by atoms with Crippen LogP contribution in [0.15, 0.2) is 56.2 Å². The summed E-state index contributed by atoms with van der Waals surface area (Å²) in [5.74, 6) is 0. The number of benzene rings is 2. The normalized spacial score (nSPS) is 8.66. The Hall–Kier alpha value is -1.99. The van der Waals surface area contributed by atoms with Gasteiger partial charge in [0.1, 0.15) is 0 Å². The van der Waals surface area contributed by atoms with E-state index in [4.69, 9.17) is 0 Å². The number of hydrogen-bond donors (Lipinski definition) is 1. The van der Waals surface area contributed by atoms with E-state index in [2.05, 4.69) is 102 Å². The van der Waals surface area contributed by atoms with E-state index in [1.165, 1.54) is 33.0 Å². The van der Waals surface area contributed by atoms with Crippen LogP contribution in [0, 0.1) is 6.92 Å². The fourth-order valence-electron chi connectivity index (χ4n) is 2.63. The van der Waals surface area contributed by atoms with Gasteiger partial charge in [-0.1, -0.05) is 103 Å². The fourth-order valence-corrected chi connectivity index (χ4v) is 2.63.